The molecule has 2 saturated heterocycles. The Labute approximate surface area is 235 Å². The van der Waals surface area contributed by atoms with E-state index in [0.29, 0.717) is 10.8 Å². The van der Waals surface area contributed by atoms with Crippen LogP contribution in [0.5, 0.6) is 0 Å². The lowest BCUT2D eigenvalue weighted by molar-refractivity contribution is 0.109. The molecule has 4 aromatic heterocycles. The van der Waals surface area contributed by atoms with E-state index in [4.69, 9.17) is 22.4 Å². The third-order valence-electron chi connectivity index (χ3n) is 4.88. The summed E-state index contributed by atoms with van der Waals surface area (Å²) in [5, 5.41) is 19.6. The van der Waals surface area contributed by atoms with E-state index in [-0.39, 0.29) is 0 Å². The van der Waals surface area contributed by atoms with Crippen LogP contribution in [0, 0.1) is 7.40 Å². The van der Waals surface area contributed by atoms with E-state index in [1.165, 1.54) is 0 Å². The predicted octanol–water partition coefficient (Wildman–Crippen LogP) is 3.81. The summed E-state index contributed by atoms with van der Waals surface area (Å²) in [7, 11) is -1.00. The SMILES string of the molecule is C1COCCN1.Clc1ccc2c(I)[nH]nc2n1.Ic1[nH]nc2nc(N3CCOCC3)ccc12.[2H]CF. The third kappa shape index (κ3) is 8.31. The molecule has 10 nitrogen and oxygen atoms in total. The lowest BCUT2D eigenvalue weighted by atomic mass is 10.3. The number of anilines is 1. The van der Waals surface area contributed by atoms with Crippen molar-refractivity contribution >= 4 is 84.7 Å². The van der Waals surface area contributed by atoms with Gasteiger partial charge in [-0.15, -0.1) is 0 Å². The van der Waals surface area contributed by atoms with Crippen molar-refractivity contribution < 1.29 is 15.2 Å². The first kappa shape index (κ1) is 26.7. The summed E-state index contributed by atoms with van der Waals surface area (Å²) >= 11 is 10.1. The molecular formula is C21H26ClFI2N8O2. The Morgan fingerprint density at radius 1 is 0.914 bits per heavy atom. The maximum atomic E-state index is 9.96. The van der Waals surface area contributed by atoms with Gasteiger partial charge in [0.1, 0.15) is 18.4 Å². The fourth-order valence-electron chi connectivity index (χ4n) is 3.19. The van der Waals surface area contributed by atoms with Gasteiger partial charge in [-0.3, -0.25) is 14.6 Å². The van der Waals surface area contributed by atoms with Crippen LogP contribution < -0.4 is 10.2 Å². The van der Waals surface area contributed by atoms with Crippen molar-refractivity contribution in [3.05, 3.63) is 36.8 Å². The fraction of sp³-hybridized carbons (Fsp3) is 0.429. The Hall–Kier alpha value is -1.40. The summed E-state index contributed by atoms with van der Waals surface area (Å²) in [5.41, 5.74) is 1.45. The second-order valence-corrected chi connectivity index (χ2v) is 9.63. The molecule has 0 atom stereocenters. The molecule has 0 aromatic carbocycles. The maximum absolute atomic E-state index is 9.96. The molecule has 190 valence electrons. The standard InChI is InChI=1S/C10H11IN4O.C6H3ClIN3.C4H9NO.CH3F/c11-9-7-1-2-8(12-10(7)14-13-9)15-3-5-16-6-4-15;7-4-2-1-3-5(8)10-11-6(3)9-4;1-3-6-4-2-5-1;1-2/h1-2H,3-6H2,(H,12,13,14);1-2H,(H,9,10,11);5H,1-4H2;1H3/i;;;1D. The second kappa shape index (κ2) is 15.0. The van der Waals surface area contributed by atoms with Crippen LogP contribution >= 0.6 is 56.8 Å². The molecule has 0 bridgehead atoms. The first-order valence-electron chi connectivity index (χ1n) is 11.4. The third-order valence-corrected chi connectivity index (χ3v) is 6.73. The second-order valence-electron chi connectivity index (χ2n) is 7.08. The smallest absolute Gasteiger partial charge is 0.183 e. The van der Waals surface area contributed by atoms with Gasteiger partial charge in [-0.1, -0.05) is 11.6 Å². The number of hydrogen-bond donors (Lipinski definition) is 3. The summed E-state index contributed by atoms with van der Waals surface area (Å²) < 4.78 is 27.9. The summed E-state index contributed by atoms with van der Waals surface area (Å²) in [6, 6.07) is 7.77. The van der Waals surface area contributed by atoms with Crippen LogP contribution in [0.3, 0.4) is 0 Å². The number of fused-ring (bicyclic) bond motifs is 2. The average Bonchev–Trinajstić information content (AvgIpc) is 3.48. The number of nitrogens with zero attached hydrogens (tertiary/aromatic N) is 5. The molecule has 0 aliphatic carbocycles. The minimum atomic E-state index is -1.00. The zero-order valence-electron chi connectivity index (χ0n) is 19.7. The van der Waals surface area contributed by atoms with Crippen molar-refractivity contribution in [1.82, 2.24) is 35.7 Å². The number of morpholine rings is 2. The Morgan fingerprint density at radius 2 is 1.46 bits per heavy atom. The molecule has 0 saturated carbocycles. The van der Waals surface area contributed by atoms with Crippen molar-refractivity contribution in [3.63, 3.8) is 0 Å². The lowest BCUT2D eigenvalue weighted by Gasteiger charge is -2.27. The van der Waals surface area contributed by atoms with Crippen molar-refractivity contribution in [3.8, 4) is 0 Å². The number of halogens is 4. The Morgan fingerprint density at radius 3 is 2.00 bits per heavy atom. The molecular weight excluding hydrogens is 705 g/mol. The van der Waals surface area contributed by atoms with Crippen LogP contribution in [0.2, 0.25) is 5.15 Å². The number of pyridine rings is 2. The number of rotatable bonds is 1. The van der Waals surface area contributed by atoms with Crippen LogP contribution in [-0.4, -0.2) is 90.1 Å². The van der Waals surface area contributed by atoms with E-state index in [9.17, 15) is 4.39 Å². The first-order chi connectivity index (χ1) is 17.5. The largest absolute Gasteiger partial charge is 0.379 e. The molecule has 3 N–H and O–H groups in total. The fourth-order valence-corrected chi connectivity index (χ4v) is 4.41. The van der Waals surface area contributed by atoms with E-state index in [1.54, 1.807) is 6.07 Å². The van der Waals surface area contributed by atoms with Gasteiger partial charge in [-0.2, -0.15) is 10.2 Å². The number of aromatic nitrogens is 6. The van der Waals surface area contributed by atoms with Crippen LogP contribution in [0.15, 0.2) is 24.3 Å². The quantitative estimate of drug-likeness (QED) is 0.200. The lowest BCUT2D eigenvalue weighted by Crippen LogP contribution is -2.36. The van der Waals surface area contributed by atoms with E-state index in [0.717, 1.165) is 82.2 Å². The summed E-state index contributed by atoms with van der Waals surface area (Å²) in [5.74, 6) is 0.985. The molecule has 0 spiro atoms. The normalized spacial score (nSPS) is 15.8. The highest BCUT2D eigenvalue weighted by Gasteiger charge is 2.14. The highest BCUT2D eigenvalue weighted by Crippen LogP contribution is 2.21. The van der Waals surface area contributed by atoms with Crippen molar-refractivity contribution in [2.45, 2.75) is 0 Å². The minimum absolute atomic E-state index is 0.473. The van der Waals surface area contributed by atoms with Gasteiger partial charge >= 0.3 is 0 Å². The molecule has 0 radical (unpaired) electrons. The van der Waals surface area contributed by atoms with Gasteiger partial charge in [0.2, 0.25) is 0 Å². The number of alkyl halides is 1. The molecule has 2 aliphatic rings. The molecule has 14 heteroatoms. The molecule has 2 aliphatic heterocycles. The van der Waals surface area contributed by atoms with Gasteiger partial charge in [0.25, 0.3) is 0 Å². The van der Waals surface area contributed by atoms with Crippen LogP contribution in [0.25, 0.3) is 22.1 Å². The van der Waals surface area contributed by atoms with E-state index in [1.807, 2.05) is 12.1 Å². The zero-order chi connectivity index (χ0) is 25.8. The Balaban J connectivity index is 0.000000156. The molecule has 2 fully saturated rings. The summed E-state index contributed by atoms with van der Waals surface area (Å²) in [4.78, 5) is 10.8. The first-order valence-corrected chi connectivity index (χ1v) is 13.2. The van der Waals surface area contributed by atoms with Crippen molar-refractivity contribution in [2.75, 3.05) is 64.7 Å². The Bertz CT molecular complexity index is 1200. The molecule has 0 amide bonds. The van der Waals surface area contributed by atoms with Gasteiger partial charge < -0.3 is 19.7 Å². The monoisotopic (exact) mass is 731 g/mol. The van der Waals surface area contributed by atoms with Gasteiger partial charge in [0.15, 0.2) is 11.3 Å². The molecule has 0 unspecified atom stereocenters. The van der Waals surface area contributed by atoms with E-state index in [2.05, 4.69) is 91.8 Å². The van der Waals surface area contributed by atoms with Crippen LogP contribution in [0.1, 0.15) is 1.37 Å². The van der Waals surface area contributed by atoms with Crippen LogP contribution in [0.4, 0.5) is 10.2 Å². The van der Waals surface area contributed by atoms with Gasteiger partial charge in [0.05, 0.1) is 45.7 Å². The Kier molecular flexibility index (Phi) is 11.4. The maximum Gasteiger partial charge on any atom is 0.183 e. The number of H-pyrrole nitrogens is 2. The topological polar surface area (TPSA) is 117 Å². The number of ether oxygens (including phenoxy) is 2. The highest BCUT2D eigenvalue weighted by atomic mass is 127. The van der Waals surface area contributed by atoms with Crippen molar-refractivity contribution in [1.29, 1.82) is 0 Å². The molecule has 6 heterocycles. The van der Waals surface area contributed by atoms with Gasteiger partial charge in [0, 0.05) is 26.2 Å². The predicted molar refractivity (Wildman–Crippen MR) is 152 cm³/mol. The number of aromatic amines is 2. The molecule has 4 aromatic rings. The molecule has 35 heavy (non-hydrogen) atoms. The van der Waals surface area contributed by atoms with Crippen molar-refractivity contribution in [2.24, 2.45) is 0 Å². The summed E-state index contributed by atoms with van der Waals surface area (Å²) in [6.07, 6.45) is 0. The van der Waals surface area contributed by atoms with Gasteiger partial charge in [-0.25, -0.2) is 9.97 Å². The van der Waals surface area contributed by atoms with E-state index >= 15 is 0 Å². The van der Waals surface area contributed by atoms with Crippen LogP contribution in [-0.2, 0) is 9.47 Å². The summed E-state index contributed by atoms with van der Waals surface area (Å²) in [6.45, 7) is 7.19. The minimum Gasteiger partial charge on any atom is -0.379 e. The van der Waals surface area contributed by atoms with E-state index < -0.39 is 7.15 Å². The van der Waals surface area contributed by atoms with Gasteiger partial charge in [-0.05, 0) is 69.4 Å². The number of hydrogen-bond acceptors (Lipinski definition) is 8. The zero-order valence-corrected chi connectivity index (χ0v) is 23.8. The average molecular weight is 732 g/mol. The highest BCUT2D eigenvalue weighted by molar-refractivity contribution is 14.1. The molecule has 6 rings (SSSR count). The number of nitrogens with one attached hydrogen (secondary N) is 3.